The molecule has 0 radical (unpaired) electrons. The van der Waals surface area contributed by atoms with Crippen LogP contribution in [0.1, 0.15) is 22.8 Å². The van der Waals surface area contributed by atoms with Crippen molar-refractivity contribution in [2.24, 2.45) is 0 Å². The van der Waals surface area contributed by atoms with E-state index in [1.54, 1.807) is 25.2 Å². The molecule has 0 atom stereocenters. The number of nitrogens with two attached hydrogens (primary N) is 1. The summed E-state index contributed by atoms with van der Waals surface area (Å²) in [7, 11) is 1.58. The smallest absolute Gasteiger partial charge is 0.254 e. The number of carbonyl (C=O) groups is 1. The lowest BCUT2D eigenvalue weighted by Gasteiger charge is -2.11. The summed E-state index contributed by atoms with van der Waals surface area (Å²) in [6.45, 7) is 2.09. The summed E-state index contributed by atoms with van der Waals surface area (Å²) in [5.41, 5.74) is 8.00. The van der Waals surface area contributed by atoms with Gasteiger partial charge in [-0.1, -0.05) is 19.1 Å². The topological polar surface area (TPSA) is 64.3 Å². The molecule has 0 heterocycles. The fraction of sp³-hybridized carbons (Fsp3) is 0.188. The summed E-state index contributed by atoms with van der Waals surface area (Å²) in [6, 6.07) is 12.8. The van der Waals surface area contributed by atoms with E-state index in [9.17, 15) is 4.79 Å². The van der Waals surface area contributed by atoms with Gasteiger partial charge < -0.3 is 15.8 Å². The highest BCUT2D eigenvalue weighted by Crippen LogP contribution is 2.27. The maximum Gasteiger partial charge on any atom is 0.254 e. The average Bonchev–Trinajstić information content (AvgIpc) is 2.47. The van der Waals surface area contributed by atoms with Crippen LogP contribution in [0.2, 0.25) is 0 Å². The number of benzene rings is 2. The van der Waals surface area contributed by atoms with E-state index in [4.69, 9.17) is 10.5 Å². The fourth-order valence-electron chi connectivity index (χ4n) is 1.87. The van der Waals surface area contributed by atoms with Crippen molar-refractivity contribution in [3.63, 3.8) is 0 Å². The van der Waals surface area contributed by atoms with Crippen molar-refractivity contribution < 1.29 is 9.53 Å². The Labute approximate surface area is 118 Å². The molecule has 0 aliphatic carbocycles. The van der Waals surface area contributed by atoms with Crippen LogP contribution in [0.3, 0.4) is 0 Å². The van der Waals surface area contributed by atoms with Crippen LogP contribution < -0.4 is 15.8 Å². The van der Waals surface area contributed by atoms with Gasteiger partial charge >= 0.3 is 0 Å². The van der Waals surface area contributed by atoms with E-state index in [2.05, 4.69) is 12.2 Å². The lowest BCUT2D eigenvalue weighted by atomic mass is 10.1. The third-order valence-electron chi connectivity index (χ3n) is 3.04. The van der Waals surface area contributed by atoms with Gasteiger partial charge in [-0.2, -0.15) is 0 Å². The quantitative estimate of drug-likeness (QED) is 0.839. The number of aryl methyl sites for hydroxylation is 1. The summed E-state index contributed by atoms with van der Waals surface area (Å²) < 4.78 is 5.77. The molecular formula is C16H18N2O2. The predicted octanol–water partition coefficient (Wildman–Crippen LogP) is 2.98. The summed E-state index contributed by atoms with van der Waals surface area (Å²) in [5.74, 6) is 0.928. The van der Waals surface area contributed by atoms with Gasteiger partial charge in [-0.05, 0) is 36.2 Å². The molecule has 0 aromatic heterocycles. The zero-order valence-corrected chi connectivity index (χ0v) is 11.6. The van der Waals surface area contributed by atoms with Gasteiger partial charge in [0.2, 0.25) is 0 Å². The Morgan fingerprint density at radius 3 is 2.50 bits per heavy atom. The Balaban J connectivity index is 2.31. The number of amides is 1. The van der Waals surface area contributed by atoms with Crippen LogP contribution in [0.5, 0.6) is 11.5 Å². The molecule has 0 aliphatic rings. The van der Waals surface area contributed by atoms with Gasteiger partial charge in [0.15, 0.2) is 0 Å². The number of nitrogen functional groups attached to an aromatic ring is 1. The second kappa shape index (κ2) is 6.10. The first kappa shape index (κ1) is 13.9. The molecule has 0 fully saturated rings. The minimum Gasteiger partial charge on any atom is -0.456 e. The highest BCUT2D eigenvalue weighted by atomic mass is 16.5. The number of ether oxygens (including phenoxy) is 1. The van der Waals surface area contributed by atoms with Crippen molar-refractivity contribution in [2.75, 3.05) is 12.8 Å². The molecule has 2 aromatic rings. The van der Waals surface area contributed by atoms with Gasteiger partial charge in [0.25, 0.3) is 5.91 Å². The number of carbonyl (C=O) groups excluding carboxylic acids is 1. The fourth-order valence-corrected chi connectivity index (χ4v) is 1.87. The number of rotatable bonds is 4. The van der Waals surface area contributed by atoms with Crippen molar-refractivity contribution in [1.29, 1.82) is 0 Å². The lowest BCUT2D eigenvalue weighted by molar-refractivity contribution is 0.0961. The number of nitrogens with one attached hydrogen (secondary N) is 1. The van der Waals surface area contributed by atoms with E-state index in [1.807, 2.05) is 24.3 Å². The van der Waals surface area contributed by atoms with Crippen LogP contribution in [0.4, 0.5) is 5.69 Å². The first-order chi connectivity index (χ1) is 9.63. The normalized spacial score (nSPS) is 10.1. The van der Waals surface area contributed by atoms with E-state index in [-0.39, 0.29) is 5.91 Å². The molecule has 104 valence electrons. The van der Waals surface area contributed by atoms with E-state index in [0.717, 1.165) is 6.42 Å². The van der Waals surface area contributed by atoms with Crippen LogP contribution in [-0.4, -0.2) is 13.0 Å². The van der Waals surface area contributed by atoms with Gasteiger partial charge in [-0.3, -0.25) is 4.79 Å². The van der Waals surface area contributed by atoms with E-state index < -0.39 is 0 Å². The zero-order chi connectivity index (χ0) is 14.5. The van der Waals surface area contributed by atoms with Crippen molar-refractivity contribution >= 4 is 11.6 Å². The largest absolute Gasteiger partial charge is 0.456 e. The zero-order valence-electron chi connectivity index (χ0n) is 11.6. The molecule has 20 heavy (non-hydrogen) atoms. The maximum atomic E-state index is 11.8. The molecule has 2 aromatic carbocycles. The van der Waals surface area contributed by atoms with Crippen molar-refractivity contribution in [3.8, 4) is 11.5 Å². The molecular weight excluding hydrogens is 252 g/mol. The molecule has 0 spiro atoms. The molecule has 0 bridgehead atoms. The second-order valence-electron chi connectivity index (χ2n) is 4.43. The third kappa shape index (κ3) is 3.09. The molecule has 4 heteroatoms. The Kier molecular flexibility index (Phi) is 4.25. The monoisotopic (exact) mass is 270 g/mol. The molecule has 0 saturated heterocycles. The molecule has 2 rings (SSSR count). The Bertz CT molecular complexity index is 606. The number of hydrogen-bond donors (Lipinski definition) is 2. The number of hydrogen-bond acceptors (Lipinski definition) is 3. The van der Waals surface area contributed by atoms with Crippen LogP contribution in [0, 0.1) is 0 Å². The molecule has 0 aliphatic heterocycles. The van der Waals surface area contributed by atoms with Gasteiger partial charge in [-0.25, -0.2) is 0 Å². The summed E-state index contributed by atoms with van der Waals surface area (Å²) in [5, 5.41) is 2.59. The molecule has 0 unspecified atom stereocenters. The van der Waals surface area contributed by atoms with Gasteiger partial charge in [0.05, 0.1) is 5.56 Å². The van der Waals surface area contributed by atoms with Crippen LogP contribution in [0.25, 0.3) is 0 Å². The Morgan fingerprint density at radius 1 is 1.20 bits per heavy atom. The van der Waals surface area contributed by atoms with Gasteiger partial charge in [0, 0.05) is 18.8 Å². The van der Waals surface area contributed by atoms with E-state index in [0.29, 0.717) is 22.7 Å². The van der Waals surface area contributed by atoms with Crippen molar-refractivity contribution in [3.05, 3.63) is 53.6 Å². The summed E-state index contributed by atoms with van der Waals surface area (Å²) in [4.78, 5) is 11.8. The third-order valence-corrected chi connectivity index (χ3v) is 3.04. The second-order valence-corrected chi connectivity index (χ2v) is 4.43. The van der Waals surface area contributed by atoms with Crippen molar-refractivity contribution in [1.82, 2.24) is 5.32 Å². The van der Waals surface area contributed by atoms with E-state index in [1.165, 1.54) is 5.56 Å². The molecule has 0 saturated carbocycles. The lowest BCUT2D eigenvalue weighted by Crippen LogP contribution is -2.18. The minimum atomic E-state index is -0.204. The first-order valence-electron chi connectivity index (χ1n) is 6.52. The van der Waals surface area contributed by atoms with Gasteiger partial charge in [-0.15, -0.1) is 0 Å². The molecule has 1 amide bonds. The highest BCUT2D eigenvalue weighted by molar-refractivity contribution is 5.97. The minimum absolute atomic E-state index is 0.204. The van der Waals surface area contributed by atoms with E-state index >= 15 is 0 Å². The number of anilines is 1. The molecule has 3 N–H and O–H groups in total. The summed E-state index contributed by atoms with van der Waals surface area (Å²) >= 11 is 0. The average molecular weight is 270 g/mol. The van der Waals surface area contributed by atoms with Crippen LogP contribution in [0.15, 0.2) is 42.5 Å². The maximum absolute atomic E-state index is 11.8. The Hall–Kier alpha value is -2.49. The Morgan fingerprint density at radius 2 is 1.90 bits per heavy atom. The SMILES string of the molecule is CCc1ccc(Oc2cc(N)ccc2C(=O)NC)cc1. The standard InChI is InChI=1S/C16H18N2O2/c1-3-11-4-7-13(8-5-11)20-15-10-12(17)6-9-14(15)16(19)18-2/h4-10H,3,17H2,1-2H3,(H,18,19). The van der Waals surface area contributed by atoms with Gasteiger partial charge in [0.1, 0.15) is 11.5 Å². The van der Waals surface area contributed by atoms with Crippen LogP contribution in [-0.2, 0) is 6.42 Å². The van der Waals surface area contributed by atoms with Crippen molar-refractivity contribution in [2.45, 2.75) is 13.3 Å². The molecule has 4 nitrogen and oxygen atoms in total. The predicted molar refractivity (Wildman–Crippen MR) is 80.1 cm³/mol. The highest BCUT2D eigenvalue weighted by Gasteiger charge is 2.12. The summed E-state index contributed by atoms with van der Waals surface area (Å²) in [6.07, 6.45) is 0.974. The van der Waals surface area contributed by atoms with Crippen LogP contribution >= 0.6 is 0 Å². The first-order valence-corrected chi connectivity index (χ1v) is 6.52.